The molecule has 0 saturated carbocycles. The minimum Gasteiger partial charge on any atom is -0.378 e. The highest BCUT2D eigenvalue weighted by atomic mass is 16.5. The van der Waals surface area contributed by atoms with Gasteiger partial charge in [-0.15, -0.1) is 0 Å². The molecule has 0 amide bonds. The van der Waals surface area contributed by atoms with Crippen LogP contribution >= 0.6 is 0 Å². The SMILES string of the molecule is CC(C)c1ccc(CN2CCN(c3cc(N4CCOCC4)ncn3)CC2)cc1. The Bertz CT molecular complexity index is 750. The van der Waals surface area contributed by atoms with E-state index < -0.39 is 0 Å². The summed E-state index contributed by atoms with van der Waals surface area (Å²) < 4.78 is 5.45. The van der Waals surface area contributed by atoms with Crippen LogP contribution in [-0.4, -0.2) is 67.4 Å². The van der Waals surface area contributed by atoms with Gasteiger partial charge in [-0.05, 0) is 17.0 Å². The fraction of sp³-hybridized carbons (Fsp3) is 0.545. The molecule has 4 rings (SSSR count). The third-order valence-corrected chi connectivity index (χ3v) is 5.72. The van der Waals surface area contributed by atoms with Crippen molar-refractivity contribution < 1.29 is 4.74 Å². The van der Waals surface area contributed by atoms with Crippen molar-refractivity contribution in [2.24, 2.45) is 0 Å². The zero-order valence-corrected chi connectivity index (χ0v) is 17.0. The highest BCUT2D eigenvalue weighted by Gasteiger charge is 2.20. The number of ether oxygens (including phenoxy) is 1. The molecule has 1 aromatic heterocycles. The number of anilines is 2. The number of aromatic nitrogens is 2. The standard InChI is InChI=1S/C22H31N5O/c1-18(2)20-5-3-19(4-6-20)16-25-7-9-26(10-8-25)21-15-22(24-17-23-21)27-11-13-28-14-12-27/h3-6,15,17-18H,7-14,16H2,1-2H3. The van der Waals surface area contributed by atoms with Crippen LogP contribution in [0.1, 0.15) is 30.9 Å². The summed E-state index contributed by atoms with van der Waals surface area (Å²) in [5.74, 6) is 2.64. The van der Waals surface area contributed by atoms with E-state index in [1.807, 2.05) is 0 Å². The number of rotatable bonds is 5. The highest BCUT2D eigenvalue weighted by Crippen LogP contribution is 2.21. The van der Waals surface area contributed by atoms with Crippen molar-refractivity contribution >= 4 is 11.6 Å². The molecule has 28 heavy (non-hydrogen) atoms. The van der Waals surface area contributed by atoms with E-state index in [4.69, 9.17) is 4.74 Å². The van der Waals surface area contributed by atoms with Gasteiger partial charge in [0.1, 0.15) is 18.0 Å². The summed E-state index contributed by atoms with van der Waals surface area (Å²) in [5.41, 5.74) is 2.81. The molecule has 150 valence electrons. The van der Waals surface area contributed by atoms with E-state index >= 15 is 0 Å². The molecule has 0 atom stereocenters. The van der Waals surface area contributed by atoms with Crippen LogP contribution in [0.25, 0.3) is 0 Å². The first-order valence-corrected chi connectivity index (χ1v) is 10.4. The molecular formula is C22H31N5O. The molecule has 2 aliphatic rings. The first kappa shape index (κ1) is 19.2. The lowest BCUT2D eigenvalue weighted by Crippen LogP contribution is -2.46. The average molecular weight is 382 g/mol. The molecule has 0 N–H and O–H groups in total. The summed E-state index contributed by atoms with van der Waals surface area (Å²) in [5, 5.41) is 0. The van der Waals surface area contributed by atoms with Crippen LogP contribution in [0.15, 0.2) is 36.7 Å². The van der Waals surface area contributed by atoms with Crippen molar-refractivity contribution in [1.82, 2.24) is 14.9 Å². The van der Waals surface area contributed by atoms with Gasteiger partial charge in [-0.2, -0.15) is 0 Å². The van der Waals surface area contributed by atoms with Crippen molar-refractivity contribution in [3.63, 3.8) is 0 Å². The van der Waals surface area contributed by atoms with E-state index in [1.54, 1.807) is 6.33 Å². The first-order chi connectivity index (χ1) is 13.7. The van der Waals surface area contributed by atoms with Crippen molar-refractivity contribution in [2.45, 2.75) is 26.3 Å². The quantitative estimate of drug-likeness (QED) is 0.794. The van der Waals surface area contributed by atoms with Crippen LogP contribution in [0.3, 0.4) is 0 Å². The Morgan fingerprint density at radius 2 is 1.46 bits per heavy atom. The fourth-order valence-corrected chi connectivity index (χ4v) is 3.88. The van der Waals surface area contributed by atoms with Crippen LogP contribution in [0, 0.1) is 0 Å². The molecule has 3 heterocycles. The summed E-state index contributed by atoms with van der Waals surface area (Å²) in [7, 11) is 0. The lowest BCUT2D eigenvalue weighted by Gasteiger charge is -2.36. The molecule has 2 fully saturated rings. The van der Waals surface area contributed by atoms with E-state index in [1.165, 1.54) is 11.1 Å². The summed E-state index contributed by atoms with van der Waals surface area (Å²) in [4.78, 5) is 16.2. The monoisotopic (exact) mass is 381 g/mol. The molecule has 6 nitrogen and oxygen atoms in total. The van der Waals surface area contributed by atoms with Crippen LogP contribution in [0.4, 0.5) is 11.6 Å². The Kier molecular flexibility index (Phi) is 6.07. The second-order valence-corrected chi connectivity index (χ2v) is 7.99. The summed E-state index contributed by atoms with van der Waals surface area (Å²) >= 11 is 0. The van der Waals surface area contributed by atoms with Crippen molar-refractivity contribution in [3.8, 4) is 0 Å². The second kappa shape index (κ2) is 8.88. The largest absolute Gasteiger partial charge is 0.378 e. The molecule has 0 unspecified atom stereocenters. The van der Waals surface area contributed by atoms with E-state index in [0.29, 0.717) is 5.92 Å². The lowest BCUT2D eigenvalue weighted by molar-refractivity contribution is 0.122. The third kappa shape index (κ3) is 4.62. The molecule has 2 saturated heterocycles. The predicted octanol–water partition coefficient (Wildman–Crippen LogP) is 2.76. The normalized spacial score (nSPS) is 18.7. The Labute approximate surface area is 168 Å². The van der Waals surface area contributed by atoms with Gasteiger partial charge in [-0.1, -0.05) is 38.1 Å². The molecule has 0 radical (unpaired) electrons. The van der Waals surface area contributed by atoms with E-state index in [-0.39, 0.29) is 0 Å². The minimum absolute atomic E-state index is 0.591. The van der Waals surface area contributed by atoms with E-state index in [0.717, 1.165) is 70.7 Å². The first-order valence-electron chi connectivity index (χ1n) is 10.4. The number of hydrogen-bond donors (Lipinski definition) is 0. The molecule has 2 aliphatic heterocycles. The number of hydrogen-bond acceptors (Lipinski definition) is 6. The van der Waals surface area contributed by atoms with Gasteiger partial charge in [0.25, 0.3) is 0 Å². The summed E-state index contributed by atoms with van der Waals surface area (Å²) in [6, 6.07) is 11.2. The molecule has 6 heteroatoms. The third-order valence-electron chi connectivity index (χ3n) is 5.72. The Hall–Kier alpha value is -2.18. The maximum absolute atomic E-state index is 5.45. The smallest absolute Gasteiger partial charge is 0.134 e. The van der Waals surface area contributed by atoms with Gasteiger partial charge in [0.2, 0.25) is 0 Å². The molecule has 0 bridgehead atoms. The van der Waals surface area contributed by atoms with Crippen LogP contribution < -0.4 is 9.80 Å². The number of nitrogens with zero attached hydrogens (tertiary/aromatic N) is 5. The van der Waals surface area contributed by atoms with Gasteiger partial charge in [-0.3, -0.25) is 4.90 Å². The topological polar surface area (TPSA) is 44.7 Å². The molecule has 0 aliphatic carbocycles. The zero-order valence-electron chi connectivity index (χ0n) is 17.0. The van der Waals surface area contributed by atoms with Gasteiger partial charge >= 0.3 is 0 Å². The molecule has 1 aromatic carbocycles. The van der Waals surface area contributed by atoms with Crippen LogP contribution in [-0.2, 0) is 11.3 Å². The van der Waals surface area contributed by atoms with Gasteiger partial charge in [0, 0.05) is 51.9 Å². The Morgan fingerprint density at radius 1 is 0.857 bits per heavy atom. The van der Waals surface area contributed by atoms with Crippen molar-refractivity contribution in [1.29, 1.82) is 0 Å². The minimum atomic E-state index is 0.591. The lowest BCUT2D eigenvalue weighted by atomic mass is 10.0. The Morgan fingerprint density at radius 3 is 2.07 bits per heavy atom. The Balaban J connectivity index is 1.32. The average Bonchev–Trinajstić information content (AvgIpc) is 2.75. The fourth-order valence-electron chi connectivity index (χ4n) is 3.88. The molecule has 2 aromatic rings. The second-order valence-electron chi connectivity index (χ2n) is 7.99. The van der Waals surface area contributed by atoms with Crippen molar-refractivity contribution in [2.75, 3.05) is 62.3 Å². The number of morpholine rings is 1. The molecule has 0 spiro atoms. The van der Waals surface area contributed by atoms with Crippen LogP contribution in [0.2, 0.25) is 0 Å². The van der Waals surface area contributed by atoms with E-state index in [9.17, 15) is 0 Å². The maximum Gasteiger partial charge on any atom is 0.134 e. The number of benzene rings is 1. The zero-order chi connectivity index (χ0) is 19.3. The number of piperazine rings is 1. The van der Waals surface area contributed by atoms with Crippen molar-refractivity contribution in [3.05, 3.63) is 47.8 Å². The predicted molar refractivity (Wildman–Crippen MR) is 113 cm³/mol. The van der Waals surface area contributed by atoms with Crippen LogP contribution in [0.5, 0.6) is 0 Å². The van der Waals surface area contributed by atoms with Gasteiger partial charge < -0.3 is 14.5 Å². The van der Waals surface area contributed by atoms with Gasteiger partial charge in [-0.25, -0.2) is 9.97 Å². The highest BCUT2D eigenvalue weighted by molar-refractivity contribution is 5.50. The van der Waals surface area contributed by atoms with E-state index in [2.05, 4.69) is 68.8 Å². The summed E-state index contributed by atoms with van der Waals surface area (Å²) in [6.07, 6.45) is 1.70. The summed E-state index contributed by atoms with van der Waals surface area (Å²) in [6.45, 7) is 13.0. The molecular weight excluding hydrogens is 350 g/mol. The van der Waals surface area contributed by atoms with Gasteiger partial charge in [0.05, 0.1) is 13.2 Å². The van der Waals surface area contributed by atoms with Gasteiger partial charge in [0.15, 0.2) is 0 Å². The maximum atomic E-state index is 5.45.